The molecule has 0 unspecified atom stereocenters. The second-order valence-electron chi connectivity index (χ2n) is 6.48. The molecule has 5 heteroatoms. The van der Waals surface area contributed by atoms with E-state index in [0.29, 0.717) is 5.69 Å². The maximum absolute atomic E-state index is 12.5. The van der Waals surface area contributed by atoms with E-state index < -0.39 is 5.41 Å². The fourth-order valence-corrected chi connectivity index (χ4v) is 2.61. The maximum atomic E-state index is 12.5. The fraction of sp³-hybridized carbons (Fsp3) is 0.263. The summed E-state index contributed by atoms with van der Waals surface area (Å²) in [6, 6.07) is 11.2. The van der Waals surface area contributed by atoms with Crippen LogP contribution in [0.3, 0.4) is 0 Å². The van der Waals surface area contributed by atoms with E-state index in [-0.39, 0.29) is 12.6 Å². The van der Waals surface area contributed by atoms with Crippen molar-refractivity contribution in [2.24, 2.45) is 0 Å². The molecule has 0 atom stereocenters. The zero-order chi connectivity index (χ0) is 17.3. The van der Waals surface area contributed by atoms with Crippen LogP contribution in [0.4, 0.5) is 5.69 Å². The van der Waals surface area contributed by atoms with Crippen molar-refractivity contribution in [3.8, 4) is 0 Å². The molecule has 0 aliphatic heterocycles. The molecule has 124 valence electrons. The van der Waals surface area contributed by atoms with Crippen LogP contribution in [0.25, 0.3) is 5.65 Å². The number of pyridine rings is 1. The van der Waals surface area contributed by atoms with Gasteiger partial charge in [-0.15, -0.1) is 0 Å². The molecular formula is C19H21N3O2. The van der Waals surface area contributed by atoms with E-state index >= 15 is 0 Å². The largest absolute Gasteiger partial charge is 0.458 e. The van der Waals surface area contributed by atoms with Gasteiger partial charge in [0.15, 0.2) is 0 Å². The van der Waals surface area contributed by atoms with Crippen molar-refractivity contribution in [1.29, 1.82) is 0 Å². The molecule has 0 aliphatic carbocycles. The third-order valence-electron chi connectivity index (χ3n) is 4.22. The van der Waals surface area contributed by atoms with Gasteiger partial charge in [0, 0.05) is 18.1 Å². The number of nitrogens with zero attached hydrogens (tertiary/aromatic N) is 2. The summed E-state index contributed by atoms with van der Waals surface area (Å²) >= 11 is 0. The van der Waals surface area contributed by atoms with E-state index in [2.05, 4.69) is 4.98 Å². The molecule has 3 aromatic rings. The van der Waals surface area contributed by atoms with E-state index in [4.69, 9.17) is 10.5 Å². The first-order chi connectivity index (χ1) is 11.4. The Balaban J connectivity index is 1.74. The van der Waals surface area contributed by atoms with Gasteiger partial charge in [0.2, 0.25) is 0 Å². The summed E-state index contributed by atoms with van der Waals surface area (Å²) in [5.74, 6) is -0.291. The van der Waals surface area contributed by atoms with Crippen molar-refractivity contribution in [3.05, 3.63) is 65.6 Å². The van der Waals surface area contributed by atoms with E-state index in [9.17, 15) is 4.79 Å². The number of nitrogen functional groups attached to an aromatic ring is 1. The van der Waals surface area contributed by atoms with Gasteiger partial charge in [-0.25, -0.2) is 4.98 Å². The molecule has 0 radical (unpaired) electrons. The van der Waals surface area contributed by atoms with Crippen LogP contribution in [-0.4, -0.2) is 15.4 Å². The molecule has 24 heavy (non-hydrogen) atoms. The molecule has 0 bridgehead atoms. The van der Waals surface area contributed by atoms with Gasteiger partial charge in [0.1, 0.15) is 12.3 Å². The molecule has 2 N–H and O–H groups in total. The Kier molecular flexibility index (Phi) is 4.01. The van der Waals surface area contributed by atoms with Crippen LogP contribution in [-0.2, 0) is 21.6 Å². The summed E-state index contributed by atoms with van der Waals surface area (Å²) in [6.07, 6.45) is 3.81. The van der Waals surface area contributed by atoms with Crippen LogP contribution in [0.15, 0.2) is 48.8 Å². The van der Waals surface area contributed by atoms with Crippen molar-refractivity contribution in [2.45, 2.75) is 32.8 Å². The van der Waals surface area contributed by atoms with Crippen LogP contribution in [0.2, 0.25) is 0 Å². The number of hydrogen-bond donors (Lipinski definition) is 1. The van der Waals surface area contributed by atoms with Gasteiger partial charge >= 0.3 is 5.97 Å². The summed E-state index contributed by atoms with van der Waals surface area (Å²) in [6.45, 7) is 5.84. The second-order valence-corrected chi connectivity index (χ2v) is 6.48. The van der Waals surface area contributed by atoms with Crippen molar-refractivity contribution in [1.82, 2.24) is 9.38 Å². The van der Waals surface area contributed by atoms with Crippen LogP contribution in [0.1, 0.15) is 30.7 Å². The van der Waals surface area contributed by atoms with Crippen molar-refractivity contribution >= 4 is 17.3 Å². The minimum Gasteiger partial charge on any atom is -0.458 e. The lowest BCUT2D eigenvalue weighted by Crippen LogP contribution is -2.31. The third-order valence-corrected chi connectivity index (χ3v) is 4.22. The SMILES string of the molecule is Cc1cccn2cc(COC(=O)C(C)(C)c3ccc(N)cc3)nc12. The fourth-order valence-electron chi connectivity index (χ4n) is 2.61. The predicted molar refractivity (Wildman–Crippen MR) is 93.6 cm³/mol. The lowest BCUT2D eigenvalue weighted by atomic mass is 9.85. The molecule has 0 fully saturated rings. The van der Waals surface area contributed by atoms with Gasteiger partial charge in [0.25, 0.3) is 0 Å². The number of aromatic nitrogens is 2. The Morgan fingerprint density at radius 2 is 1.96 bits per heavy atom. The number of hydrogen-bond acceptors (Lipinski definition) is 4. The zero-order valence-corrected chi connectivity index (χ0v) is 14.1. The van der Waals surface area contributed by atoms with Gasteiger partial charge in [-0.1, -0.05) is 18.2 Å². The molecule has 3 rings (SSSR count). The molecule has 0 spiro atoms. The Morgan fingerprint density at radius 3 is 2.62 bits per heavy atom. The smallest absolute Gasteiger partial charge is 0.316 e. The molecule has 0 saturated carbocycles. The minimum atomic E-state index is -0.747. The first-order valence-corrected chi connectivity index (χ1v) is 7.84. The minimum absolute atomic E-state index is 0.151. The number of rotatable bonds is 4. The van der Waals surface area contributed by atoms with E-state index in [1.807, 2.05) is 61.8 Å². The van der Waals surface area contributed by atoms with Gasteiger partial charge in [-0.05, 0) is 50.1 Å². The van der Waals surface area contributed by atoms with E-state index in [1.165, 1.54) is 0 Å². The highest BCUT2D eigenvalue weighted by molar-refractivity contribution is 5.82. The van der Waals surface area contributed by atoms with Crippen LogP contribution in [0, 0.1) is 6.92 Å². The van der Waals surface area contributed by atoms with Crippen molar-refractivity contribution < 1.29 is 9.53 Å². The summed E-state index contributed by atoms with van der Waals surface area (Å²) in [5, 5.41) is 0. The molecule has 1 aromatic carbocycles. The molecule has 2 heterocycles. The topological polar surface area (TPSA) is 69.6 Å². The predicted octanol–water partition coefficient (Wildman–Crippen LogP) is 3.25. The number of anilines is 1. The summed E-state index contributed by atoms with van der Waals surface area (Å²) < 4.78 is 7.44. The Labute approximate surface area is 141 Å². The zero-order valence-electron chi connectivity index (χ0n) is 14.1. The second kappa shape index (κ2) is 6.00. The lowest BCUT2D eigenvalue weighted by Gasteiger charge is -2.23. The normalized spacial score (nSPS) is 11.6. The van der Waals surface area contributed by atoms with E-state index in [1.54, 1.807) is 12.1 Å². The average Bonchev–Trinajstić information content (AvgIpc) is 2.97. The summed E-state index contributed by atoms with van der Waals surface area (Å²) in [7, 11) is 0. The quantitative estimate of drug-likeness (QED) is 0.591. The average molecular weight is 323 g/mol. The standard InChI is InChI=1S/C19H21N3O2/c1-13-5-4-10-22-11-16(21-17(13)22)12-24-18(23)19(2,3)14-6-8-15(20)9-7-14/h4-11H,12,20H2,1-3H3. The monoisotopic (exact) mass is 323 g/mol. The number of ether oxygens (including phenoxy) is 1. The molecule has 0 amide bonds. The number of fused-ring (bicyclic) bond motifs is 1. The van der Waals surface area contributed by atoms with Gasteiger partial charge < -0.3 is 14.9 Å². The number of nitrogens with two attached hydrogens (primary N) is 1. The van der Waals surface area contributed by atoms with Crippen LogP contribution >= 0.6 is 0 Å². The van der Waals surface area contributed by atoms with Crippen LogP contribution < -0.4 is 5.73 Å². The molecule has 0 saturated heterocycles. The van der Waals surface area contributed by atoms with Gasteiger partial charge in [0.05, 0.1) is 11.1 Å². The van der Waals surface area contributed by atoms with Gasteiger partial charge in [-0.2, -0.15) is 0 Å². The first kappa shape index (κ1) is 16.1. The molecule has 2 aromatic heterocycles. The molecule has 5 nitrogen and oxygen atoms in total. The highest BCUT2D eigenvalue weighted by Crippen LogP contribution is 2.26. The number of imidazole rings is 1. The number of carbonyl (C=O) groups excluding carboxylic acids is 1. The van der Waals surface area contributed by atoms with Crippen LogP contribution in [0.5, 0.6) is 0 Å². The highest BCUT2D eigenvalue weighted by atomic mass is 16.5. The van der Waals surface area contributed by atoms with Gasteiger partial charge in [-0.3, -0.25) is 4.79 Å². The van der Waals surface area contributed by atoms with Crippen molar-refractivity contribution in [2.75, 3.05) is 5.73 Å². The Morgan fingerprint density at radius 1 is 1.25 bits per heavy atom. The summed E-state index contributed by atoms with van der Waals surface area (Å²) in [4.78, 5) is 17.0. The first-order valence-electron chi connectivity index (χ1n) is 7.84. The maximum Gasteiger partial charge on any atom is 0.316 e. The number of aryl methyl sites for hydroxylation is 1. The highest BCUT2D eigenvalue weighted by Gasteiger charge is 2.31. The molecule has 0 aliphatic rings. The molecular weight excluding hydrogens is 302 g/mol. The summed E-state index contributed by atoms with van der Waals surface area (Å²) in [5.41, 5.74) is 9.18. The lowest BCUT2D eigenvalue weighted by molar-refractivity contribution is -0.150. The Hall–Kier alpha value is -2.82. The third kappa shape index (κ3) is 2.97. The Bertz CT molecular complexity index is 879. The number of esters is 1. The number of carbonyl (C=O) groups is 1. The van der Waals surface area contributed by atoms with Crippen molar-refractivity contribution in [3.63, 3.8) is 0 Å². The number of benzene rings is 1. The van der Waals surface area contributed by atoms with E-state index in [0.717, 1.165) is 22.5 Å².